The lowest BCUT2D eigenvalue weighted by Crippen LogP contribution is -2.31. The first-order chi connectivity index (χ1) is 12.4. The normalized spacial score (nSPS) is 17.1. The highest BCUT2D eigenvalue weighted by atomic mass is 79.9. The maximum atomic E-state index is 12.4. The number of hydrogen-bond acceptors (Lipinski definition) is 6. The van der Waals surface area contributed by atoms with E-state index in [0.29, 0.717) is 23.0 Å². The Morgan fingerprint density at radius 1 is 1.31 bits per heavy atom. The number of rotatable bonds is 8. The Balaban J connectivity index is 2.29. The van der Waals surface area contributed by atoms with Crippen LogP contribution >= 0.6 is 27.7 Å². The molecule has 1 atom stereocenters. The molecule has 1 aromatic rings. The van der Waals surface area contributed by atoms with Crippen molar-refractivity contribution in [3.8, 4) is 11.5 Å². The molecule has 2 rings (SSSR count). The number of nitrogens with zero attached hydrogens (tertiary/aromatic N) is 1. The van der Waals surface area contributed by atoms with Gasteiger partial charge in [0.15, 0.2) is 11.5 Å². The lowest BCUT2D eigenvalue weighted by Gasteiger charge is -2.17. The predicted octanol–water partition coefficient (Wildman–Crippen LogP) is 4.32. The van der Waals surface area contributed by atoms with Crippen molar-refractivity contribution in [1.82, 2.24) is 4.90 Å². The van der Waals surface area contributed by atoms with Crippen LogP contribution in [0.1, 0.15) is 25.8 Å². The van der Waals surface area contributed by atoms with Crippen LogP contribution in [0.15, 0.2) is 21.5 Å². The van der Waals surface area contributed by atoms with E-state index < -0.39 is 0 Å². The van der Waals surface area contributed by atoms with E-state index in [4.69, 9.17) is 14.2 Å². The van der Waals surface area contributed by atoms with E-state index in [-0.39, 0.29) is 23.8 Å². The van der Waals surface area contributed by atoms with Crippen molar-refractivity contribution in [1.29, 1.82) is 0 Å². The first-order valence-corrected chi connectivity index (χ1v) is 9.80. The zero-order valence-electron chi connectivity index (χ0n) is 15.2. The maximum absolute atomic E-state index is 12.4. The fourth-order valence-corrected chi connectivity index (χ4v) is 3.67. The van der Waals surface area contributed by atoms with Gasteiger partial charge in [-0.05, 0) is 64.8 Å². The van der Waals surface area contributed by atoms with E-state index in [0.717, 1.165) is 28.2 Å². The molecule has 0 aliphatic carbocycles. The van der Waals surface area contributed by atoms with Crippen LogP contribution in [0.5, 0.6) is 11.5 Å². The van der Waals surface area contributed by atoms with Crippen LogP contribution in [0.4, 0.5) is 4.79 Å². The molecular formula is C18H22BrNO5S. The quantitative estimate of drug-likeness (QED) is 0.557. The Morgan fingerprint density at radius 3 is 2.65 bits per heavy atom. The summed E-state index contributed by atoms with van der Waals surface area (Å²) in [6.45, 7) is 4.58. The lowest BCUT2D eigenvalue weighted by atomic mass is 10.1. The molecule has 6 nitrogen and oxygen atoms in total. The number of benzene rings is 1. The Labute approximate surface area is 166 Å². The monoisotopic (exact) mass is 443 g/mol. The van der Waals surface area contributed by atoms with Gasteiger partial charge in [0.25, 0.3) is 11.1 Å². The van der Waals surface area contributed by atoms with Gasteiger partial charge in [0.1, 0.15) is 0 Å². The van der Waals surface area contributed by atoms with Crippen LogP contribution in [0, 0.1) is 0 Å². The summed E-state index contributed by atoms with van der Waals surface area (Å²) in [6.07, 6.45) is 2.59. The van der Waals surface area contributed by atoms with E-state index in [1.807, 2.05) is 19.9 Å². The first-order valence-electron chi connectivity index (χ1n) is 8.19. The van der Waals surface area contributed by atoms with Gasteiger partial charge in [-0.3, -0.25) is 14.5 Å². The van der Waals surface area contributed by atoms with Crippen LogP contribution in [0.2, 0.25) is 0 Å². The molecule has 0 aromatic heterocycles. The number of halogens is 1. The third kappa shape index (κ3) is 4.81. The Bertz CT molecular complexity index is 722. The van der Waals surface area contributed by atoms with Crippen molar-refractivity contribution < 1.29 is 23.8 Å². The number of ether oxygens (including phenoxy) is 3. The summed E-state index contributed by atoms with van der Waals surface area (Å²) in [5, 5.41) is -0.291. The van der Waals surface area contributed by atoms with Crippen molar-refractivity contribution in [3.05, 3.63) is 27.1 Å². The van der Waals surface area contributed by atoms with Gasteiger partial charge in [0.2, 0.25) is 0 Å². The van der Waals surface area contributed by atoms with Crippen LogP contribution in [-0.2, 0) is 9.53 Å². The van der Waals surface area contributed by atoms with E-state index in [9.17, 15) is 9.59 Å². The molecule has 0 spiro atoms. The first kappa shape index (κ1) is 20.8. The minimum absolute atomic E-state index is 0.0448. The summed E-state index contributed by atoms with van der Waals surface area (Å²) in [5.41, 5.74) is 0.738. The molecular weight excluding hydrogens is 422 g/mol. The van der Waals surface area contributed by atoms with Crippen molar-refractivity contribution >= 4 is 44.9 Å². The average Bonchev–Trinajstić information content (AvgIpc) is 2.88. The predicted molar refractivity (Wildman–Crippen MR) is 106 cm³/mol. The van der Waals surface area contributed by atoms with E-state index in [1.165, 1.54) is 12.0 Å². The number of amides is 2. The zero-order chi connectivity index (χ0) is 19.3. The molecule has 0 radical (unpaired) electrons. The van der Waals surface area contributed by atoms with Gasteiger partial charge in [-0.25, -0.2) is 0 Å². The summed E-state index contributed by atoms with van der Waals surface area (Å²) in [5.74, 6) is 0.865. The summed E-state index contributed by atoms with van der Waals surface area (Å²) >= 11 is 4.42. The molecule has 2 amide bonds. The molecule has 1 aromatic carbocycles. The number of hydrogen-bond donors (Lipinski definition) is 0. The van der Waals surface area contributed by atoms with Crippen molar-refractivity contribution in [2.24, 2.45) is 0 Å². The lowest BCUT2D eigenvalue weighted by molar-refractivity contribution is -0.123. The molecule has 1 fully saturated rings. The Morgan fingerprint density at radius 2 is 2.04 bits per heavy atom. The van der Waals surface area contributed by atoms with Gasteiger partial charge in [-0.15, -0.1) is 0 Å². The standard InChI is InChI=1S/C18H22BrNO5S/c1-5-11(2)25-16-13(19)8-12(9-14(16)24-4)10-15-17(21)20(6-7-23-3)18(22)26-15/h8-11H,5-7H2,1-4H3/b15-10+/t11-/m0/s1. The summed E-state index contributed by atoms with van der Waals surface area (Å²) in [7, 11) is 3.09. The number of imide groups is 1. The molecule has 1 aliphatic rings. The summed E-state index contributed by atoms with van der Waals surface area (Å²) < 4.78 is 17.0. The minimum atomic E-state index is -0.313. The van der Waals surface area contributed by atoms with Gasteiger partial charge < -0.3 is 14.2 Å². The fraction of sp³-hybridized carbons (Fsp3) is 0.444. The molecule has 8 heteroatoms. The highest BCUT2D eigenvalue weighted by Crippen LogP contribution is 2.39. The molecule has 1 saturated heterocycles. The topological polar surface area (TPSA) is 65.1 Å². The molecule has 1 aliphatic heterocycles. The maximum Gasteiger partial charge on any atom is 0.293 e. The van der Waals surface area contributed by atoms with E-state index in [2.05, 4.69) is 15.9 Å². The molecule has 0 N–H and O–H groups in total. The summed E-state index contributed by atoms with van der Waals surface area (Å²) in [6, 6.07) is 3.62. The van der Waals surface area contributed by atoms with E-state index >= 15 is 0 Å². The molecule has 0 unspecified atom stereocenters. The third-order valence-electron chi connectivity index (χ3n) is 3.84. The smallest absolute Gasteiger partial charge is 0.293 e. The third-order valence-corrected chi connectivity index (χ3v) is 5.33. The number of thioether (sulfide) groups is 1. The highest BCUT2D eigenvalue weighted by molar-refractivity contribution is 9.10. The van der Waals surface area contributed by atoms with Crippen molar-refractivity contribution in [2.45, 2.75) is 26.4 Å². The molecule has 0 saturated carbocycles. The molecule has 142 valence electrons. The Kier molecular flexibility index (Phi) is 7.55. The van der Waals surface area contributed by atoms with Crippen molar-refractivity contribution in [3.63, 3.8) is 0 Å². The van der Waals surface area contributed by atoms with Gasteiger partial charge in [0, 0.05) is 7.11 Å². The van der Waals surface area contributed by atoms with E-state index in [1.54, 1.807) is 19.3 Å². The second-order valence-corrected chi connectivity index (χ2v) is 7.54. The zero-order valence-corrected chi connectivity index (χ0v) is 17.6. The largest absolute Gasteiger partial charge is 0.493 e. The summed E-state index contributed by atoms with van der Waals surface area (Å²) in [4.78, 5) is 26.0. The fourth-order valence-electron chi connectivity index (χ4n) is 2.25. The van der Waals surface area contributed by atoms with Gasteiger partial charge >= 0.3 is 0 Å². The molecule has 0 bridgehead atoms. The molecule has 26 heavy (non-hydrogen) atoms. The van der Waals surface area contributed by atoms with Crippen molar-refractivity contribution in [2.75, 3.05) is 27.4 Å². The van der Waals surface area contributed by atoms with Crippen LogP contribution in [0.3, 0.4) is 0 Å². The van der Waals surface area contributed by atoms with Gasteiger partial charge in [0.05, 0.1) is 35.7 Å². The minimum Gasteiger partial charge on any atom is -0.493 e. The Hall–Kier alpha value is -1.51. The van der Waals surface area contributed by atoms with Crippen LogP contribution in [0.25, 0.3) is 6.08 Å². The van der Waals surface area contributed by atoms with Crippen LogP contribution in [-0.4, -0.2) is 49.5 Å². The number of methoxy groups -OCH3 is 2. The SMILES string of the molecule is CC[C@H](C)Oc1c(Br)cc(/C=C2/SC(=O)N(CCOC)C2=O)cc1OC. The average molecular weight is 444 g/mol. The van der Waals surface area contributed by atoms with Crippen LogP contribution < -0.4 is 9.47 Å². The second-order valence-electron chi connectivity index (χ2n) is 5.70. The van der Waals surface area contributed by atoms with Gasteiger partial charge in [-0.1, -0.05) is 6.92 Å². The number of carbonyl (C=O) groups is 2. The van der Waals surface area contributed by atoms with Gasteiger partial charge in [-0.2, -0.15) is 0 Å². The highest BCUT2D eigenvalue weighted by Gasteiger charge is 2.34. The molecule has 1 heterocycles. The second kappa shape index (κ2) is 9.43. The number of carbonyl (C=O) groups excluding carboxylic acids is 2.